The van der Waals surface area contributed by atoms with E-state index in [1.165, 1.54) is 5.56 Å². The third kappa shape index (κ3) is 5.02. The van der Waals surface area contributed by atoms with Crippen LogP contribution >= 0.6 is 11.3 Å². The quantitative estimate of drug-likeness (QED) is 0.595. The number of likely N-dealkylation sites (tertiary alicyclic amines) is 1. The van der Waals surface area contributed by atoms with E-state index in [0.29, 0.717) is 6.04 Å². The van der Waals surface area contributed by atoms with Crippen molar-refractivity contribution < 1.29 is 4.79 Å². The summed E-state index contributed by atoms with van der Waals surface area (Å²) < 4.78 is 0. The summed E-state index contributed by atoms with van der Waals surface area (Å²) in [5.41, 5.74) is 1.49. The molecule has 1 aromatic rings. The first-order valence-corrected chi connectivity index (χ1v) is 10.9. The van der Waals surface area contributed by atoms with Crippen LogP contribution in [0.25, 0.3) is 0 Å². The predicted octanol–water partition coefficient (Wildman–Crippen LogP) is 1.92. The zero-order chi connectivity index (χ0) is 19.4. The molecule has 0 radical (unpaired) electrons. The first-order valence-electron chi connectivity index (χ1n) is 10.0. The van der Waals surface area contributed by atoms with Crippen molar-refractivity contribution in [2.45, 2.75) is 52.2 Å². The van der Waals surface area contributed by atoms with Crippen LogP contribution in [0.2, 0.25) is 0 Å². The molecule has 0 bridgehead atoms. The molecule has 27 heavy (non-hydrogen) atoms. The van der Waals surface area contributed by atoms with Crippen molar-refractivity contribution in [2.24, 2.45) is 10.9 Å². The smallest absolute Gasteiger partial charge is 0.225 e. The molecular weight excluding hydrogens is 358 g/mol. The molecule has 0 aliphatic carbocycles. The Labute approximate surface area is 167 Å². The van der Waals surface area contributed by atoms with Gasteiger partial charge in [0, 0.05) is 62.7 Å². The molecule has 0 saturated carbocycles. The van der Waals surface area contributed by atoms with Crippen molar-refractivity contribution >= 4 is 23.2 Å². The minimum absolute atomic E-state index is 0.0651. The van der Waals surface area contributed by atoms with Gasteiger partial charge in [0.15, 0.2) is 5.96 Å². The molecule has 2 aliphatic heterocycles. The van der Waals surface area contributed by atoms with Crippen molar-refractivity contribution in [2.75, 3.05) is 33.2 Å². The number of hydrogen-bond acceptors (Lipinski definition) is 4. The van der Waals surface area contributed by atoms with Crippen molar-refractivity contribution in [3.05, 3.63) is 21.9 Å². The number of nitrogens with zero attached hydrogens (tertiary/aromatic N) is 3. The summed E-state index contributed by atoms with van der Waals surface area (Å²) in [6, 6.07) is 2.98. The largest absolute Gasteiger partial charge is 0.355 e. The van der Waals surface area contributed by atoms with Crippen molar-refractivity contribution in [1.82, 2.24) is 20.4 Å². The highest BCUT2D eigenvalue weighted by atomic mass is 32.1. The molecule has 1 amide bonds. The van der Waals surface area contributed by atoms with E-state index in [2.05, 4.69) is 38.9 Å². The Kier molecular flexibility index (Phi) is 6.76. The van der Waals surface area contributed by atoms with Gasteiger partial charge in [-0.3, -0.25) is 14.7 Å². The van der Waals surface area contributed by atoms with Gasteiger partial charge in [-0.05, 0) is 36.8 Å². The van der Waals surface area contributed by atoms with Gasteiger partial charge in [-0.2, -0.15) is 0 Å². The third-order valence-corrected chi connectivity index (χ3v) is 6.61. The van der Waals surface area contributed by atoms with Crippen molar-refractivity contribution in [3.63, 3.8) is 0 Å². The van der Waals surface area contributed by atoms with E-state index in [0.717, 1.165) is 51.5 Å². The van der Waals surface area contributed by atoms with E-state index in [1.54, 1.807) is 4.88 Å². The zero-order valence-electron chi connectivity index (χ0n) is 17.0. The van der Waals surface area contributed by atoms with E-state index in [4.69, 9.17) is 0 Å². The number of nitrogens with one attached hydrogen (secondary N) is 2. The number of amides is 1. The highest BCUT2D eigenvalue weighted by molar-refractivity contribution is 7.10. The molecule has 3 heterocycles. The Bertz CT molecular complexity index is 671. The van der Waals surface area contributed by atoms with E-state index in [1.807, 2.05) is 37.1 Å². The first-order chi connectivity index (χ1) is 13.0. The summed E-state index contributed by atoms with van der Waals surface area (Å²) in [5.74, 6) is 1.14. The average Bonchev–Trinajstić information content (AvgIpc) is 3.32. The molecule has 1 aromatic heterocycles. The lowest BCUT2D eigenvalue weighted by Crippen LogP contribution is -2.50. The lowest BCUT2D eigenvalue weighted by Gasteiger charge is -2.33. The van der Waals surface area contributed by atoms with Gasteiger partial charge in [0.2, 0.25) is 5.91 Å². The van der Waals surface area contributed by atoms with Gasteiger partial charge < -0.3 is 15.5 Å². The number of thiophene rings is 1. The maximum atomic E-state index is 12.2. The summed E-state index contributed by atoms with van der Waals surface area (Å²) in [6.07, 6.45) is 2.13. The molecule has 2 aliphatic rings. The summed E-state index contributed by atoms with van der Waals surface area (Å²) in [5, 5.41) is 9.17. The molecule has 0 spiro atoms. The highest BCUT2D eigenvalue weighted by Crippen LogP contribution is 2.25. The normalized spacial score (nSPS) is 22.0. The summed E-state index contributed by atoms with van der Waals surface area (Å²) in [4.78, 5) is 22.6. The Morgan fingerprint density at radius 2 is 2.19 bits per heavy atom. The van der Waals surface area contributed by atoms with Crippen LogP contribution in [0.1, 0.15) is 37.6 Å². The topological polar surface area (TPSA) is 60.0 Å². The van der Waals surface area contributed by atoms with Crippen LogP contribution in [-0.2, 0) is 17.8 Å². The molecule has 1 fully saturated rings. The van der Waals surface area contributed by atoms with Crippen LogP contribution in [-0.4, -0.2) is 67.0 Å². The molecule has 2 unspecified atom stereocenters. The second kappa shape index (κ2) is 9.06. The molecule has 6 nitrogen and oxygen atoms in total. The van der Waals surface area contributed by atoms with Gasteiger partial charge in [0.05, 0.1) is 0 Å². The molecule has 2 atom stereocenters. The Balaban J connectivity index is 1.44. The summed E-state index contributed by atoms with van der Waals surface area (Å²) in [6.45, 7) is 10.8. The van der Waals surface area contributed by atoms with E-state index in [-0.39, 0.29) is 17.9 Å². The number of guanidine groups is 1. The summed E-state index contributed by atoms with van der Waals surface area (Å²) >= 11 is 1.88. The van der Waals surface area contributed by atoms with Crippen LogP contribution < -0.4 is 10.6 Å². The van der Waals surface area contributed by atoms with Crippen molar-refractivity contribution in [1.29, 1.82) is 0 Å². The minimum atomic E-state index is 0.0651. The first kappa shape index (κ1) is 20.1. The maximum Gasteiger partial charge on any atom is 0.225 e. The Morgan fingerprint density at radius 3 is 2.93 bits per heavy atom. The van der Waals surface area contributed by atoms with Gasteiger partial charge in [0.1, 0.15) is 0 Å². The van der Waals surface area contributed by atoms with Crippen LogP contribution in [0.3, 0.4) is 0 Å². The molecule has 1 saturated heterocycles. The second-order valence-corrected chi connectivity index (χ2v) is 8.96. The van der Waals surface area contributed by atoms with Crippen LogP contribution in [0.4, 0.5) is 0 Å². The van der Waals surface area contributed by atoms with Gasteiger partial charge in [-0.1, -0.05) is 13.8 Å². The number of hydrogen-bond donors (Lipinski definition) is 2. The zero-order valence-corrected chi connectivity index (χ0v) is 17.8. The fraction of sp³-hybridized carbons (Fsp3) is 0.700. The average molecular weight is 392 g/mol. The molecular formula is C20H33N5OS. The van der Waals surface area contributed by atoms with Crippen LogP contribution in [0, 0.1) is 5.92 Å². The molecule has 2 N–H and O–H groups in total. The second-order valence-electron chi connectivity index (χ2n) is 7.96. The van der Waals surface area contributed by atoms with E-state index in [9.17, 15) is 4.79 Å². The number of fused-ring (bicyclic) bond motifs is 1. The van der Waals surface area contributed by atoms with E-state index < -0.39 is 0 Å². The molecule has 3 rings (SSSR count). The molecule has 0 aromatic carbocycles. The molecule has 7 heteroatoms. The van der Waals surface area contributed by atoms with E-state index >= 15 is 0 Å². The summed E-state index contributed by atoms with van der Waals surface area (Å²) in [7, 11) is 1.81. The maximum absolute atomic E-state index is 12.2. The van der Waals surface area contributed by atoms with Gasteiger partial charge in [-0.15, -0.1) is 11.3 Å². The third-order valence-electron chi connectivity index (χ3n) is 5.58. The standard InChI is InChI=1S/C20H33N5OS/c1-14(2)19(26)25-8-5-17(13-25)23-20(21-4)22-11-15(3)24-9-6-18-16(12-24)7-10-27-18/h7,10,14-15,17H,5-6,8-9,11-13H2,1-4H3,(H2,21,22,23). The lowest BCUT2D eigenvalue weighted by molar-refractivity contribution is -0.133. The predicted molar refractivity (Wildman–Crippen MR) is 112 cm³/mol. The number of aliphatic imine (C=N–C) groups is 1. The SMILES string of the molecule is CN=C(NCC(C)N1CCc2sccc2C1)NC1CCN(C(=O)C(C)C)C1. The van der Waals surface area contributed by atoms with Crippen molar-refractivity contribution in [3.8, 4) is 0 Å². The van der Waals surface area contributed by atoms with Crippen LogP contribution in [0.5, 0.6) is 0 Å². The fourth-order valence-corrected chi connectivity index (χ4v) is 4.74. The Hall–Kier alpha value is -1.60. The van der Waals surface area contributed by atoms with Gasteiger partial charge >= 0.3 is 0 Å². The highest BCUT2D eigenvalue weighted by Gasteiger charge is 2.28. The fourth-order valence-electron chi connectivity index (χ4n) is 3.85. The van der Waals surface area contributed by atoms with Gasteiger partial charge in [0.25, 0.3) is 0 Å². The Morgan fingerprint density at radius 1 is 1.37 bits per heavy atom. The number of rotatable bonds is 5. The van der Waals surface area contributed by atoms with Crippen LogP contribution in [0.15, 0.2) is 16.4 Å². The number of carbonyl (C=O) groups excluding carboxylic acids is 1. The monoisotopic (exact) mass is 391 g/mol. The van der Waals surface area contributed by atoms with Gasteiger partial charge in [-0.25, -0.2) is 0 Å². The lowest BCUT2D eigenvalue weighted by atomic mass is 10.1. The minimum Gasteiger partial charge on any atom is -0.355 e. The number of carbonyl (C=O) groups is 1. The molecule has 150 valence electrons.